The van der Waals surface area contributed by atoms with Gasteiger partial charge in [-0.15, -0.1) is 0 Å². The number of piperidine rings is 3. The first-order chi connectivity index (χ1) is 7.85. The van der Waals surface area contributed by atoms with Crippen LogP contribution in [0.5, 0.6) is 0 Å². The number of hydrogen-bond donors (Lipinski definition) is 1. The van der Waals surface area contributed by atoms with E-state index in [1.165, 1.54) is 51.7 Å². The first kappa shape index (κ1) is 11.0. The van der Waals surface area contributed by atoms with E-state index >= 15 is 0 Å². The van der Waals surface area contributed by atoms with Gasteiger partial charge in [0.15, 0.2) is 0 Å². The molecule has 0 spiro atoms. The van der Waals surface area contributed by atoms with Gasteiger partial charge in [-0.2, -0.15) is 0 Å². The Labute approximate surface area is 98.5 Å². The van der Waals surface area contributed by atoms with Crippen LogP contribution in [-0.4, -0.2) is 49.8 Å². The van der Waals surface area contributed by atoms with Crippen LogP contribution in [-0.2, 0) is 4.74 Å². The van der Waals surface area contributed by atoms with Crippen molar-refractivity contribution in [2.45, 2.75) is 50.3 Å². The summed E-state index contributed by atoms with van der Waals surface area (Å²) in [5, 5.41) is 3.89. The maximum Gasteiger partial charge on any atom is 0.0586 e. The Balaban J connectivity index is 1.52. The summed E-state index contributed by atoms with van der Waals surface area (Å²) in [4.78, 5) is 2.63. The van der Waals surface area contributed by atoms with E-state index < -0.39 is 0 Å². The summed E-state index contributed by atoms with van der Waals surface area (Å²) in [6, 6.07) is 1.48. The van der Waals surface area contributed by atoms with E-state index in [9.17, 15) is 0 Å². The molecule has 0 amide bonds. The van der Waals surface area contributed by atoms with Crippen molar-refractivity contribution in [1.29, 1.82) is 0 Å². The van der Waals surface area contributed by atoms with Crippen LogP contribution in [0.2, 0.25) is 0 Å². The van der Waals surface area contributed by atoms with Crippen molar-refractivity contribution < 1.29 is 4.74 Å². The summed E-state index contributed by atoms with van der Waals surface area (Å²) in [6.07, 6.45) is 7.12. The van der Waals surface area contributed by atoms with Crippen LogP contribution in [0, 0.1) is 5.92 Å². The molecule has 1 N–H and O–H groups in total. The molecule has 4 rings (SSSR count). The molecule has 1 aliphatic carbocycles. The second kappa shape index (κ2) is 4.63. The van der Waals surface area contributed by atoms with E-state index in [1.54, 1.807) is 0 Å². The van der Waals surface area contributed by atoms with Crippen molar-refractivity contribution in [3.05, 3.63) is 0 Å². The standard InChI is InChI=1S/C13H24N2O/c1-16-12-3-2-11(8-12)14-13-9-15-6-4-10(13)5-7-15/h10-14H,2-9H2,1H3. The summed E-state index contributed by atoms with van der Waals surface area (Å²) in [6.45, 7) is 3.97. The van der Waals surface area contributed by atoms with Gasteiger partial charge in [-0.25, -0.2) is 0 Å². The molecule has 3 heterocycles. The third-order valence-corrected chi connectivity index (χ3v) is 4.82. The quantitative estimate of drug-likeness (QED) is 0.780. The Bertz CT molecular complexity index is 238. The van der Waals surface area contributed by atoms with Crippen LogP contribution in [0.3, 0.4) is 0 Å². The van der Waals surface area contributed by atoms with Gasteiger partial charge in [-0.3, -0.25) is 0 Å². The van der Waals surface area contributed by atoms with Crippen LogP contribution < -0.4 is 5.32 Å². The average Bonchev–Trinajstić information content (AvgIpc) is 2.78. The molecule has 3 saturated heterocycles. The summed E-state index contributed by atoms with van der Waals surface area (Å²) >= 11 is 0. The molecule has 3 unspecified atom stereocenters. The number of rotatable bonds is 3. The van der Waals surface area contributed by atoms with Gasteiger partial charge in [-0.05, 0) is 51.1 Å². The van der Waals surface area contributed by atoms with Crippen molar-refractivity contribution >= 4 is 0 Å². The fourth-order valence-corrected chi connectivity index (χ4v) is 3.76. The molecule has 0 aromatic rings. The Kier molecular flexibility index (Phi) is 3.18. The highest BCUT2D eigenvalue weighted by Crippen LogP contribution is 2.30. The van der Waals surface area contributed by atoms with Crippen LogP contribution in [0.4, 0.5) is 0 Å². The van der Waals surface area contributed by atoms with E-state index in [0.29, 0.717) is 6.10 Å². The summed E-state index contributed by atoms with van der Waals surface area (Å²) in [5.74, 6) is 0.951. The van der Waals surface area contributed by atoms with Crippen molar-refractivity contribution in [1.82, 2.24) is 10.2 Å². The first-order valence-electron chi connectivity index (χ1n) is 6.86. The smallest absolute Gasteiger partial charge is 0.0586 e. The molecule has 3 nitrogen and oxygen atoms in total. The summed E-state index contributed by atoms with van der Waals surface area (Å²) in [5.41, 5.74) is 0. The van der Waals surface area contributed by atoms with Crippen LogP contribution in [0.15, 0.2) is 0 Å². The van der Waals surface area contributed by atoms with Crippen molar-refractivity contribution in [3.63, 3.8) is 0 Å². The van der Waals surface area contributed by atoms with Crippen LogP contribution >= 0.6 is 0 Å². The van der Waals surface area contributed by atoms with E-state index in [0.717, 1.165) is 18.0 Å². The molecule has 4 aliphatic rings. The van der Waals surface area contributed by atoms with Gasteiger partial charge in [-0.1, -0.05) is 0 Å². The number of fused-ring (bicyclic) bond motifs is 3. The number of nitrogens with one attached hydrogen (secondary N) is 1. The fraction of sp³-hybridized carbons (Fsp3) is 1.00. The lowest BCUT2D eigenvalue weighted by Gasteiger charge is -2.46. The highest BCUT2D eigenvalue weighted by Gasteiger charge is 2.36. The second-order valence-corrected chi connectivity index (χ2v) is 5.78. The van der Waals surface area contributed by atoms with E-state index in [2.05, 4.69) is 10.2 Å². The zero-order valence-corrected chi connectivity index (χ0v) is 10.3. The molecular weight excluding hydrogens is 200 g/mol. The molecule has 0 aromatic carbocycles. The van der Waals surface area contributed by atoms with Crippen molar-refractivity contribution in [2.24, 2.45) is 5.92 Å². The Hall–Kier alpha value is -0.120. The van der Waals surface area contributed by atoms with Gasteiger partial charge in [0.05, 0.1) is 6.10 Å². The van der Waals surface area contributed by atoms with Gasteiger partial charge >= 0.3 is 0 Å². The number of methoxy groups -OCH3 is 1. The first-order valence-corrected chi connectivity index (χ1v) is 6.86. The lowest BCUT2D eigenvalue weighted by Crippen LogP contribution is -2.57. The van der Waals surface area contributed by atoms with Gasteiger partial charge in [0.2, 0.25) is 0 Å². The highest BCUT2D eigenvalue weighted by atomic mass is 16.5. The van der Waals surface area contributed by atoms with Gasteiger partial charge in [0.25, 0.3) is 0 Å². The Morgan fingerprint density at radius 3 is 2.50 bits per heavy atom. The molecule has 0 radical (unpaired) electrons. The number of nitrogens with zero attached hydrogens (tertiary/aromatic N) is 1. The SMILES string of the molecule is COC1CCC(NC2CN3CCC2CC3)C1. The highest BCUT2D eigenvalue weighted by molar-refractivity contribution is 4.94. The third kappa shape index (κ3) is 2.13. The lowest BCUT2D eigenvalue weighted by molar-refractivity contribution is 0.0642. The predicted molar refractivity (Wildman–Crippen MR) is 64.5 cm³/mol. The molecule has 4 fully saturated rings. The zero-order chi connectivity index (χ0) is 11.0. The van der Waals surface area contributed by atoms with Crippen LogP contribution in [0.25, 0.3) is 0 Å². The molecule has 16 heavy (non-hydrogen) atoms. The molecule has 3 atom stereocenters. The molecule has 0 aromatic heterocycles. The topological polar surface area (TPSA) is 24.5 Å². The molecule has 2 bridgehead atoms. The monoisotopic (exact) mass is 224 g/mol. The minimum absolute atomic E-state index is 0.513. The van der Waals surface area contributed by atoms with E-state index in [1.807, 2.05) is 7.11 Å². The third-order valence-electron chi connectivity index (χ3n) is 4.82. The Morgan fingerprint density at radius 2 is 1.94 bits per heavy atom. The van der Waals surface area contributed by atoms with Gasteiger partial charge < -0.3 is 15.0 Å². The number of ether oxygens (including phenoxy) is 1. The van der Waals surface area contributed by atoms with Gasteiger partial charge in [0.1, 0.15) is 0 Å². The fourth-order valence-electron chi connectivity index (χ4n) is 3.76. The minimum Gasteiger partial charge on any atom is -0.381 e. The molecule has 3 aliphatic heterocycles. The summed E-state index contributed by atoms with van der Waals surface area (Å²) in [7, 11) is 1.85. The average molecular weight is 224 g/mol. The normalized spacial score (nSPS) is 47.4. The second-order valence-electron chi connectivity index (χ2n) is 5.78. The zero-order valence-electron chi connectivity index (χ0n) is 10.3. The molecular formula is C13H24N2O. The minimum atomic E-state index is 0.513. The van der Waals surface area contributed by atoms with Crippen molar-refractivity contribution in [2.75, 3.05) is 26.7 Å². The number of hydrogen-bond acceptors (Lipinski definition) is 3. The van der Waals surface area contributed by atoms with Gasteiger partial charge in [0, 0.05) is 25.7 Å². The van der Waals surface area contributed by atoms with Crippen LogP contribution in [0.1, 0.15) is 32.1 Å². The molecule has 1 saturated carbocycles. The molecule has 92 valence electrons. The lowest BCUT2D eigenvalue weighted by atomic mass is 9.83. The Morgan fingerprint density at radius 1 is 1.12 bits per heavy atom. The van der Waals surface area contributed by atoms with E-state index in [-0.39, 0.29) is 0 Å². The predicted octanol–water partition coefficient (Wildman–Crippen LogP) is 1.24. The maximum atomic E-state index is 5.44. The van der Waals surface area contributed by atoms with E-state index in [4.69, 9.17) is 4.74 Å². The largest absolute Gasteiger partial charge is 0.381 e. The maximum absolute atomic E-state index is 5.44. The van der Waals surface area contributed by atoms with Crippen molar-refractivity contribution in [3.8, 4) is 0 Å². The summed E-state index contributed by atoms with van der Waals surface area (Å²) < 4.78 is 5.44. The molecule has 3 heteroatoms.